The second-order valence-electron chi connectivity index (χ2n) is 5.53. The van der Waals surface area contributed by atoms with Crippen LogP contribution < -0.4 is 0 Å². The molecule has 0 fully saturated rings. The Morgan fingerprint density at radius 1 is 1.04 bits per heavy atom. The van der Waals surface area contributed by atoms with Gasteiger partial charge in [-0.1, -0.05) is 29.8 Å². The lowest BCUT2D eigenvalue weighted by Crippen LogP contribution is -2.05. The minimum absolute atomic E-state index is 0.0543. The Morgan fingerprint density at radius 2 is 1.88 bits per heavy atom. The van der Waals surface area contributed by atoms with Crippen molar-refractivity contribution in [2.45, 2.75) is 0 Å². The van der Waals surface area contributed by atoms with E-state index in [1.165, 1.54) is 24.3 Å². The molecule has 0 amide bonds. The number of hydrogen-bond donors (Lipinski definition) is 0. The van der Waals surface area contributed by atoms with Crippen molar-refractivity contribution in [1.82, 2.24) is 0 Å². The Labute approximate surface area is 153 Å². The van der Waals surface area contributed by atoms with E-state index in [0.29, 0.717) is 22.1 Å². The van der Waals surface area contributed by atoms with Gasteiger partial charge in [-0.05, 0) is 42.5 Å². The molecule has 0 saturated carbocycles. The van der Waals surface area contributed by atoms with E-state index in [-0.39, 0.29) is 11.6 Å². The number of cyclic esters (lactones) is 1. The van der Waals surface area contributed by atoms with E-state index in [1.54, 1.807) is 24.3 Å². The monoisotopic (exact) mass is 367 g/mol. The molecule has 2 heterocycles. The molecule has 1 aliphatic rings. The van der Waals surface area contributed by atoms with Crippen molar-refractivity contribution in [3.8, 4) is 11.3 Å². The van der Waals surface area contributed by atoms with Crippen LogP contribution in [0.25, 0.3) is 17.4 Å². The van der Waals surface area contributed by atoms with Crippen molar-refractivity contribution in [2.75, 3.05) is 0 Å². The molecule has 2 aromatic carbocycles. The summed E-state index contributed by atoms with van der Waals surface area (Å²) in [5.74, 6) is -0.00746. The molecule has 0 spiro atoms. The third kappa shape index (κ3) is 3.17. The highest BCUT2D eigenvalue weighted by atomic mass is 35.5. The van der Waals surface area contributed by atoms with Crippen molar-refractivity contribution in [1.29, 1.82) is 0 Å². The first kappa shape index (κ1) is 16.3. The molecule has 0 saturated heterocycles. The molecular weight excluding hydrogens is 357 g/mol. The summed E-state index contributed by atoms with van der Waals surface area (Å²) < 4.78 is 24.2. The van der Waals surface area contributed by atoms with Crippen molar-refractivity contribution in [2.24, 2.45) is 4.99 Å². The fraction of sp³-hybridized carbons (Fsp3) is 0. The summed E-state index contributed by atoms with van der Waals surface area (Å²) >= 11 is 6.16. The second-order valence-corrected chi connectivity index (χ2v) is 5.94. The lowest BCUT2D eigenvalue weighted by molar-refractivity contribution is -0.129. The van der Waals surface area contributed by atoms with Gasteiger partial charge in [0.25, 0.3) is 0 Å². The maximum atomic E-state index is 13.3. The maximum Gasteiger partial charge on any atom is 0.363 e. The standard InChI is InChI=1S/C20H11ClFNO3/c21-16-7-2-1-6-15(16)18-9-8-14(25-18)11-17-20(24)26-19(23-17)12-4-3-5-13(22)10-12/h1-11H/b17-11-. The van der Waals surface area contributed by atoms with Crippen LogP contribution in [0.1, 0.15) is 11.3 Å². The van der Waals surface area contributed by atoms with Crippen molar-refractivity contribution in [3.63, 3.8) is 0 Å². The first-order chi connectivity index (χ1) is 12.6. The molecule has 4 nitrogen and oxygen atoms in total. The molecule has 0 radical (unpaired) electrons. The molecule has 1 aromatic heterocycles. The first-order valence-corrected chi connectivity index (χ1v) is 8.11. The van der Waals surface area contributed by atoms with Crippen LogP contribution >= 0.6 is 11.6 Å². The van der Waals surface area contributed by atoms with Gasteiger partial charge in [-0.15, -0.1) is 0 Å². The molecule has 4 rings (SSSR count). The van der Waals surface area contributed by atoms with Crippen molar-refractivity contribution >= 4 is 29.5 Å². The number of ether oxygens (including phenoxy) is 1. The Hall–Kier alpha value is -3.18. The SMILES string of the molecule is O=C1OC(c2cccc(F)c2)=N/C1=C\c1ccc(-c2ccccc2Cl)o1. The van der Waals surface area contributed by atoms with Gasteiger partial charge in [0.15, 0.2) is 5.70 Å². The summed E-state index contributed by atoms with van der Waals surface area (Å²) in [5.41, 5.74) is 1.21. The van der Waals surface area contributed by atoms with Gasteiger partial charge in [0.05, 0.1) is 5.02 Å². The van der Waals surface area contributed by atoms with E-state index in [9.17, 15) is 9.18 Å². The third-order valence-electron chi connectivity index (χ3n) is 3.74. The van der Waals surface area contributed by atoms with Crippen molar-refractivity contribution in [3.05, 3.63) is 88.5 Å². The Morgan fingerprint density at radius 3 is 2.69 bits per heavy atom. The van der Waals surface area contributed by atoms with E-state index >= 15 is 0 Å². The van der Waals surface area contributed by atoms with Gasteiger partial charge in [-0.3, -0.25) is 0 Å². The van der Waals surface area contributed by atoms with E-state index in [1.807, 2.05) is 18.2 Å². The average molecular weight is 368 g/mol. The number of carbonyl (C=O) groups excluding carboxylic acids is 1. The molecule has 1 aliphatic heterocycles. The molecule has 128 valence electrons. The lowest BCUT2D eigenvalue weighted by Gasteiger charge is -1.99. The fourth-order valence-corrected chi connectivity index (χ4v) is 2.75. The first-order valence-electron chi connectivity index (χ1n) is 7.73. The molecule has 0 unspecified atom stereocenters. The smallest absolute Gasteiger partial charge is 0.363 e. The molecule has 26 heavy (non-hydrogen) atoms. The van der Waals surface area contributed by atoms with Gasteiger partial charge in [0.2, 0.25) is 5.90 Å². The number of benzene rings is 2. The van der Waals surface area contributed by atoms with Gasteiger partial charge < -0.3 is 9.15 Å². The number of aliphatic imine (C=N–C) groups is 1. The summed E-state index contributed by atoms with van der Waals surface area (Å²) in [6, 6.07) is 16.4. The summed E-state index contributed by atoms with van der Waals surface area (Å²) in [5, 5.41) is 0.563. The van der Waals surface area contributed by atoms with Crippen LogP contribution in [0.15, 0.2) is 75.8 Å². The molecule has 3 aromatic rings. The third-order valence-corrected chi connectivity index (χ3v) is 4.07. The number of esters is 1. The zero-order chi connectivity index (χ0) is 18.1. The van der Waals surface area contributed by atoms with Crippen LogP contribution in [0.3, 0.4) is 0 Å². The van der Waals surface area contributed by atoms with Gasteiger partial charge in [0, 0.05) is 17.2 Å². The lowest BCUT2D eigenvalue weighted by atomic mass is 10.2. The highest BCUT2D eigenvalue weighted by molar-refractivity contribution is 6.33. The van der Waals surface area contributed by atoms with E-state index in [2.05, 4.69) is 4.99 Å². The highest BCUT2D eigenvalue weighted by Gasteiger charge is 2.25. The molecule has 0 N–H and O–H groups in total. The molecular formula is C20H11ClFNO3. The van der Waals surface area contributed by atoms with Crippen LogP contribution in [0, 0.1) is 5.82 Å². The summed E-state index contributed by atoms with van der Waals surface area (Å²) in [7, 11) is 0. The van der Waals surface area contributed by atoms with Crippen LogP contribution in [0.4, 0.5) is 4.39 Å². The highest BCUT2D eigenvalue weighted by Crippen LogP contribution is 2.30. The summed E-state index contributed by atoms with van der Waals surface area (Å²) in [6.07, 6.45) is 1.47. The van der Waals surface area contributed by atoms with E-state index in [4.69, 9.17) is 20.8 Å². The van der Waals surface area contributed by atoms with Crippen LogP contribution in [-0.2, 0) is 9.53 Å². The number of rotatable bonds is 3. The zero-order valence-corrected chi connectivity index (χ0v) is 14.0. The predicted octanol–water partition coefficient (Wildman–Crippen LogP) is 5.08. The number of furan rings is 1. The summed E-state index contributed by atoms with van der Waals surface area (Å²) in [4.78, 5) is 16.1. The van der Waals surface area contributed by atoms with E-state index in [0.717, 1.165) is 5.56 Å². The molecule has 0 aliphatic carbocycles. The number of nitrogens with zero attached hydrogens (tertiary/aromatic N) is 1. The predicted molar refractivity (Wildman–Crippen MR) is 96.2 cm³/mol. The Kier molecular flexibility index (Phi) is 4.14. The number of halogens is 2. The Balaban J connectivity index is 1.64. The largest absolute Gasteiger partial charge is 0.457 e. The summed E-state index contributed by atoms with van der Waals surface area (Å²) in [6.45, 7) is 0. The molecule has 6 heteroatoms. The maximum absolute atomic E-state index is 13.3. The number of hydrogen-bond acceptors (Lipinski definition) is 4. The zero-order valence-electron chi connectivity index (χ0n) is 13.3. The van der Waals surface area contributed by atoms with Crippen molar-refractivity contribution < 1.29 is 18.3 Å². The minimum atomic E-state index is -0.625. The van der Waals surface area contributed by atoms with Crippen LogP contribution in [0.2, 0.25) is 5.02 Å². The van der Waals surface area contributed by atoms with Crippen LogP contribution in [0.5, 0.6) is 0 Å². The minimum Gasteiger partial charge on any atom is -0.457 e. The quantitative estimate of drug-likeness (QED) is 0.479. The van der Waals surface area contributed by atoms with Crippen LogP contribution in [-0.4, -0.2) is 11.9 Å². The average Bonchev–Trinajstić information content (AvgIpc) is 3.23. The normalized spacial score (nSPS) is 15.2. The molecule has 0 bridgehead atoms. The topological polar surface area (TPSA) is 51.8 Å². The fourth-order valence-electron chi connectivity index (χ4n) is 2.53. The Bertz CT molecular complexity index is 1070. The number of carbonyl (C=O) groups is 1. The van der Waals surface area contributed by atoms with Gasteiger partial charge in [-0.25, -0.2) is 14.2 Å². The second kappa shape index (κ2) is 6.61. The van der Waals surface area contributed by atoms with E-state index < -0.39 is 11.8 Å². The van der Waals surface area contributed by atoms with Gasteiger partial charge >= 0.3 is 5.97 Å². The molecule has 0 atom stereocenters. The van der Waals surface area contributed by atoms with Gasteiger partial charge in [0.1, 0.15) is 17.3 Å². The van der Waals surface area contributed by atoms with Gasteiger partial charge in [-0.2, -0.15) is 0 Å².